The van der Waals surface area contributed by atoms with Crippen LogP contribution in [0.2, 0.25) is 5.02 Å². The third-order valence-electron chi connectivity index (χ3n) is 4.27. The van der Waals surface area contributed by atoms with E-state index in [1.54, 1.807) is 37.3 Å². The van der Waals surface area contributed by atoms with Gasteiger partial charge in [0.25, 0.3) is 5.69 Å². The Hall–Kier alpha value is -3.98. The molecule has 0 saturated carbocycles. The highest BCUT2D eigenvalue weighted by Gasteiger charge is 2.14. The number of nitro benzene ring substituents is 1. The Balaban J connectivity index is 1.61. The molecule has 2 aromatic carbocycles. The maximum atomic E-state index is 12.0. The lowest BCUT2D eigenvalue weighted by atomic mass is 10.1. The zero-order valence-electron chi connectivity index (χ0n) is 16.9. The number of furan rings is 1. The molecule has 0 radical (unpaired) electrons. The molecule has 0 aliphatic heterocycles. The van der Waals surface area contributed by atoms with Gasteiger partial charge in [-0.3, -0.25) is 14.9 Å². The third kappa shape index (κ3) is 5.79. The number of esters is 1. The van der Waals surface area contributed by atoms with Crippen LogP contribution < -0.4 is 5.43 Å². The summed E-state index contributed by atoms with van der Waals surface area (Å²) in [4.78, 5) is 34.2. The van der Waals surface area contributed by atoms with E-state index in [1.807, 2.05) is 0 Å². The average molecular weight is 456 g/mol. The molecule has 3 rings (SSSR count). The van der Waals surface area contributed by atoms with Crippen molar-refractivity contribution in [3.63, 3.8) is 0 Å². The molecule has 1 N–H and O–H groups in total. The average Bonchev–Trinajstić information content (AvgIpc) is 3.23. The number of carbonyl (C=O) groups is 2. The van der Waals surface area contributed by atoms with Crippen LogP contribution in [0.1, 0.15) is 28.6 Å². The molecule has 164 valence electrons. The first-order valence-corrected chi connectivity index (χ1v) is 9.87. The minimum absolute atomic E-state index is 0.0140. The number of carbonyl (C=O) groups excluding carboxylic acids is 2. The monoisotopic (exact) mass is 455 g/mol. The van der Waals surface area contributed by atoms with Crippen molar-refractivity contribution in [2.75, 3.05) is 6.61 Å². The summed E-state index contributed by atoms with van der Waals surface area (Å²) in [6, 6.07) is 13.9. The Bertz CT molecular complexity index is 1170. The number of nitrogens with one attached hydrogen (secondary N) is 1. The Morgan fingerprint density at radius 1 is 1.19 bits per heavy atom. The van der Waals surface area contributed by atoms with Crippen LogP contribution in [0.15, 0.2) is 64.1 Å². The smallest absolute Gasteiger partial charge is 0.339 e. The number of amides is 1. The van der Waals surface area contributed by atoms with E-state index in [-0.39, 0.29) is 29.3 Å². The number of nitro groups is 1. The van der Waals surface area contributed by atoms with Crippen LogP contribution in [0.25, 0.3) is 11.3 Å². The third-order valence-corrected chi connectivity index (χ3v) is 4.60. The van der Waals surface area contributed by atoms with Gasteiger partial charge in [0.1, 0.15) is 11.5 Å². The molecule has 0 unspecified atom stereocenters. The van der Waals surface area contributed by atoms with E-state index in [0.717, 1.165) is 0 Å². The van der Waals surface area contributed by atoms with Crippen molar-refractivity contribution >= 4 is 35.4 Å². The summed E-state index contributed by atoms with van der Waals surface area (Å²) in [6.45, 7) is 1.94. The standard InChI is InChI=1S/C22H18ClN3O6/c1-2-31-22(28)18-12-15(5-9-19(18)23)20-10-8-17(32-20)13-24-25-21(27)11-14-3-6-16(7-4-14)26(29)30/h3-10,12-13H,2,11H2,1H3,(H,25,27)/b24-13-. The van der Waals surface area contributed by atoms with Crippen LogP contribution in [0.4, 0.5) is 5.69 Å². The molecule has 32 heavy (non-hydrogen) atoms. The highest BCUT2D eigenvalue weighted by atomic mass is 35.5. The molecular formula is C22H18ClN3O6. The second-order valence-corrected chi connectivity index (χ2v) is 6.92. The second-order valence-electron chi connectivity index (χ2n) is 6.51. The maximum Gasteiger partial charge on any atom is 0.339 e. The van der Waals surface area contributed by atoms with Crippen molar-refractivity contribution in [3.8, 4) is 11.3 Å². The Morgan fingerprint density at radius 3 is 2.62 bits per heavy atom. The van der Waals surface area contributed by atoms with Gasteiger partial charge in [0.15, 0.2) is 0 Å². The second kappa shape index (κ2) is 10.4. The molecular weight excluding hydrogens is 438 g/mol. The lowest BCUT2D eigenvalue weighted by Gasteiger charge is -2.05. The Labute approximate surface area is 187 Å². The molecule has 0 atom stereocenters. The summed E-state index contributed by atoms with van der Waals surface area (Å²) in [5.74, 6) is -0.0590. The van der Waals surface area contributed by atoms with Crippen LogP contribution >= 0.6 is 11.6 Å². The zero-order chi connectivity index (χ0) is 23.1. The van der Waals surface area contributed by atoms with E-state index in [2.05, 4.69) is 10.5 Å². The number of hydrogen-bond donors (Lipinski definition) is 1. The lowest BCUT2D eigenvalue weighted by molar-refractivity contribution is -0.384. The van der Waals surface area contributed by atoms with Crippen LogP contribution in [0, 0.1) is 10.1 Å². The van der Waals surface area contributed by atoms with Gasteiger partial charge in [-0.15, -0.1) is 0 Å². The fourth-order valence-electron chi connectivity index (χ4n) is 2.75. The molecule has 0 spiro atoms. The van der Waals surface area contributed by atoms with E-state index >= 15 is 0 Å². The van der Waals surface area contributed by atoms with E-state index in [1.165, 1.54) is 30.5 Å². The molecule has 0 aliphatic rings. The van der Waals surface area contributed by atoms with Crippen molar-refractivity contribution in [2.45, 2.75) is 13.3 Å². The van der Waals surface area contributed by atoms with Crippen molar-refractivity contribution in [3.05, 3.63) is 86.6 Å². The molecule has 1 heterocycles. The molecule has 10 heteroatoms. The molecule has 0 saturated heterocycles. The van der Waals surface area contributed by atoms with Gasteiger partial charge >= 0.3 is 5.97 Å². The summed E-state index contributed by atoms with van der Waals surface area (Å²) in [7, 11) is 0. The van der Waals surface area contributed by atoms with Crippen LogP contribution in [0.3, 0.4) is 0 Å². The number of ether oxygens (including phenoxy) is 1. The summed E-state index contributed by atoms with van der Waals surface area (Å²) in [5.41, 5.74) is 3.80. The fraction of sp³-hybridized carbons (Fsp3) is 0.136. The first-order chi connectivity index (χ1) is 15.4. The number of hydrogen-bond acceptors (Lipinski definition) is 7. The van der Waals surface area contributed by atoms with Crippen molar-refractivity contribution in [1.29, 1.82) is 0 Å². The normalized spacial score (nSPS) is 10.8. The lowest BCUT2D eigenvalue weighted by Crippen LogP contribution is -2.19. The molecule has 9 nitrogen and oxygen atoms in total. The van der Waals surface area contributed by atoms with E-state index in [9.17, 15) is 19.7 Å². The Kier molecular flexibility index (Phi) is 7.35. The van der Waals surface area contributed by atoms with Crippen molar-refractivity contribution in [2.24, 2.45) is 5.10 Å². The largest absolute Gasteiger partial charge is 0.462 e. The maximum absolute atomic E-state index is 12.0. The zero-order valence-corrected chi connectivity index (χ0v) is 17.7. The first-order valence-electron chi connectivity index (χ1n) is 9.49. The van der Waals surface area contributed by atoms with Crippen molar-refractivity contribution in [1.82, 2.24) is 5.43 Å². The van der Waals surface area contributed by atoms with Crippen LogP contribution in [-0.2, 0) is 16.0 Å². The van der Waals surface area contributed by atoms with Gasteiger partial charge in [-0.2, -0.15) is 5.10 Å². The van der Waals surface area contributed by atoms with Crippen LogP contribution in [-0.4, -0.2) is 29.6 Å². The minimum Gasteiger partial charge on any atom is -0.462 e. The Morgan fingerprint density at radius 2 is 1.94 bits per heavy atom. The van der Waals surface area contributed by atoms with Gasteiger partial charge in [-0.1, -0.05) is 23.7 Å². The predicted octanol–water partition coefficient (Wildman–Crippen LogP) is 4.38. The summed E-state index contributed by atoms with van der Waals surface area (Å²) < 4.78 is 10.7. The number of halogens is 1. The van der Waals surface area contributed by atoms with Gasteiger partial charge in [0.2, 0.25) is 5.91 Å². The molecule has 3 aromatic rings. The molecule has 0 fully saturated rings. The highest BCUT2D eigenvalue weighted by molar-refractivity contribution is 6.33. The number of nitrogens with zero attached hydrogens (tertiary/aromatic N) is 2. The summed E-state index contributed by atoms with van der Waals surface area (Å²) in [5, 5.41) is 14.8. The number of benzene rings is 2. The van der Waals surface area contributed by atoms with E-state index in [4.69, 9.17) is 20.8 Å². The minimum atomic E-state index is -0.525. The van der Waals surface area contributed by atoms with Gasteiger partial charge < -0.3 is 9.15 Å². The van der Waals surface area contributed by atoms with Gasteiger partial charge in [0, 0.05) is 17.7 Å². The van der Waals surface area contributed by atoms with Crippen LogP contribution in [0.5, 0.6) is 0 Å². The van der Waals surface area contributed by atoms with Gasteiger partial charge in [-0.25, -0.2) is 10.2 Å². The molecule has 1 aromatic heterocycles. The SMILES string of the molecule is CCOC(=O)c1cc(-c2ccc(/C=N\NC(=O)Cc3ccc([N+](=O)[O-])cc3)o2)ccc1Cl. The summed E-state index contributed by atoms with van der Waals surface area (Å²) in [6.07, 6.45) is 1.35. The first kappa shape index (κ1) is 22.7. The molecule has 0 aliphatic carbocycles. The topological polar surface area (TPSA) is 124 Å². The van der Waals surface area contributed by atoms with Crippen molar-refractivity contribution < 1.29 is 23.7 Å². The number of rotatable bonds is 8. The number of non-ortho nitro benzene ring substituents is 1. The molecule has 0 bridgehead atoms. The quantitative estimate of drug-likeness (QED) is 0.232. The highest BCUT2D eigenvalue weighted by Crippen LogP contribution is 2.27. The number of hydrazone groups is 1. The fourth-order valence-corrected chi connectivity index (χ4v) is 2.94. The summed E-state index contributed by atoms with van der Waals surface area (Å²) >= 11 is 6.07. The van der Waals surface area contributed by atoms with E-state index < -0.39 is 16.8 Å². The van der Waals surface area contributed by atoms with Gasteiger partial charge in [-0.05, 0) is 42.8 Å². The van der Waals surface area contributed by atoms with Gasteiger partial charge in [0.05, 0.1) is 34.8 Å². The molecule has 1 amide bonds. The van der Waals surface area contributed by atoms with E-state index in [0.29, 0.717) is 22.6 Å². The predicted molar refractivity (Wildman–Crippen MR) is 118 cm³/mol.